The molecule has 1 N–H and O–H groups in total. The van der Waals surface area contributed by atoms with Crippen LogP contribution in [0.1, 0.15) is 40.0 Å². The molecule has 0 aliphatic carbocycles. The van der Waals surface area contributed by atoms with Gasteiger partial charge in [-0.05, 0) is 24.7 Å². The van der Waals surface area contributed by atoms with Gasteiger partial charge in [-0.1, -0.05) is 20.8 Å². The molecule has 1 aliphatic heterocycles. The van der Waals surface area contributed by atoms with Gasteiger partial charge in [-0.3, -0.25) is 4.79 Å². The Balaban J connectivity index is 2.73. The highest BCUT2D eigenvalue weighted by Gasteiger charge is 2.38. The van der Waals surface area contributed by atoms with Crippen LogP contribution < -0.4 is 0 Å². The Hall–Kier alpha value is -0.620. The minimum absolute atomic E-state index is 0.0281. The summed E-state index contributed by atoms with van der Waals surface area (Å²) in [6.07, 6.45) is 1.59. The molecule has 17 heavy (non-hydrogen) atoms. The first-order chi connectivity index (χ1) is 7.63. The van der Waals surface area contributed by atoms with Crippen molar-refractivity contribution < 1.29 is 18.3 Å². The quantitative estimate of drug-likeness (QED) is 0.829. The third-order valence-corrected chi connectivity index (χ3v) is 4.83. The number of hydrogen-bond donors (Lipinski definition) is 1. The van der Waals surface area contributed by atoms with E-state index in [2.05, 4.69) is 0 Å². The summed E-state index contributed by atoms with van der Waals surface area (Å²) < 4.78 is 25.3. The molecule has 5 nitrogen and oxygen atoms in total. The van der Waals surface area contributed by atoms with Crippen molar-refractivity contribution in [3.05, 3.63) is 0 Å². The monoisotopic (exact) mass is 263 g/mol. The van der Waals surface area contributed by atoms with E-state index in [0.29, 0.717) is 25.8 Å². The van der Waals surface area contributed by atoms with Crippen LogP contribution >= 0.6 is 0 Å². The summed E-state index contributed by atoms with van der Waals surface area (Å²) in [4.78, 5) is 11.0. The maximum Gasteiger partial charge on any atom is 0.322 e. The fraction of sp³-hybridized carbons (Fsp3) is 0.909. The molecule has 0 bridgehead atoms. The summed E-state index contributed by atoms with van der Waals surface area (Å²) in [5.74, 6) is -1.01. The van der Waals surface area contributed by atoms with Gasteiger partial charge in [-0.15, -0.1) is 0 Å². The molecule has 1 saturated heterocycles. The smallest absolute Gasteiger partial charge is 0.322 e. The Bertz CT molecular complexity index is 383. The SMILES string of the molecule is CC(C)(C)CCS(=O)(=O)N1CCC[C@H]1C(=O)O. The fourth-order valence-electron chi connectivity index (χ4n) is 1.87. The summed E-state index contributed by atoms with van der Waals surface area (Å²) in [7, 11) is -3.43. The van der Waals surface area contributed by atoms with Crippen LogP contribution in [-0.2, 0) is 14.8 Å². The molecule has 1 rings (SSSR count). The topological polar surface area (TPSA) is 74.7 Å². The van der Waals surface area contributed by atoms with Crippen LogP contribution in [0.4, 0.5) is 0 Å². The van der Waals surface area contributed by atoms with Crippen molar-refractivity contribution >= 4 is 16.0 Å². The lowest BCUT2D eigenvalue weighted by molar-refractivity contribution is -0.140. The van der Waals surface area contributed by atoms with E-state index in [-0.39, 0.29) is 11.2 Å². The van der Waals surface area contributed by atoms with Gasteiger partial charge >= 0.3 is 5.97 Å². The average molecular weight is 263 g/mol. The third-order valence-electron chi connectivity index (χ3n) is 2.96. The van der Waals surface area contributed by atoms with Gasteiger partial charge < -0.3 is 5.11 Å². The number of carboxylic acids is 1. The maximum atomic E-state index is 12.1. The molecule has 1 aliphatic rings. The molecule has 0 amide bonds. The summed E-state index contributed by atoms with van der Waals surface area (Å²) >= 11 is 0. The molecule has 1 fully saturated rings. The fourth-order valence-corrected chi connectivity index (χ4v) is 3.97. The molecule has 100 valence electrons. The Kier molecular flexibility index (Phi) is 4.19. The van der Waals surface area contributed by atoms with Crippen molar-refractivity contribution in [2.24, 2.45) is 5.41 Å². The second-order valence-corrected chi connectivity index (χ2v) is 7.77. The Morgan fingerprint density at radius 3 is 2.47 bits per heavy atom. The third kappa shape index (κ3) is 3.96. The number of aliphatic carboxylic acids is 1. The molecule has 0 unspecified atom stereocenters. The zero-order valence-corrected chi connectivity index (χ0v) is 11.5. The van der Waals surface area contributed by atoms with Crippen LogP contribution in [0.15, 0.2) is 0 Å². The van der Waals surface area contributed by atoms with Gasteiger partial charge in [-0.2, -0.15) is 4.31 Å². The second-order valence-electron chi connectivity index (χ2n) is 5.73. The van der Waals surface area contributed by atoms with Gasteiger partial charge in [0, 0.05) is 6.54 Å². The number of sulfonamides is 1. The van der Waals surface area contributed by atoms with Crippen molar-refractivity contribution in [1.82, 2.24) is 4.31 Å². The van der Waals surface area contributed by atoms with E-state index >= 15 is 0 Å². The first kappa shape index (κ1) is 14.4. The first-order valence-electron chi connectivity index (χ1n) is 5.86. The van der Waals surface area contributed by atoms with Crippen molar-refractivity contribution in [2.75, 3.05) is 12.3 Å². The van der Waals surface area contributed by atoms with Gasteiger partial charge in [0.05, 0.1) is 5.75 Å². The van der Waals surface area contributed by atoms with E-state index in [1.165, 1.54) is 0 Å². The summed E-state index contributed by atoms with van der Waals surface area (Å²) in [6.45, 7) is 6.26. The van der Waals surface area contributed by atoms with Crippen molar-refractivity contribution in [3.8, 4) is 0 Å². The zero-order valence-electron chi connectivity index (χ0n) is 10.6. The van der Waals surface area contributed by atoms with E-state index < -0.39 is 22.0 Å². The molecule has 0 spiro atoms. The van der Waals surface area contributed by atoms with Crippen LogP contribution in [-0.4, -0.2) is 42.1 Å². The van der Waals surface area contributed by atoms with Gasteiger partial charge in [-0.25, -0.2) is 8.42 Å². The van der Waals surface area contributed by atoms with Crippen LogP contribution in [0.2, 0.25) is 0 Å². The predicted molar refractivity (Wildman–Crippen MR) is 65.2 cm³/mol. The molecule has 0 aromatic heterocycles. The molecular weight excluding hydrogens is 242 g/mol. The van der Waals surface area contributed by atoms with Crippen LogP contribution in [0.25, 0.3) is 0 Å². The molecule has 0 aromatic carbocycles. The number of carbonyl (C=O) groups is 1. The van der Waals surface area contributed by atoms with E-state index in [1.807, 2.05) is 20.8 Å². The minimum atomic E-state index is -3.43. The zero-order chi connectivity index (χ0) is 13.3. The summed E-state index contributed by atoms with van der Waals surface area (Å²) in [5, 5.41) is 8.97. The maximum absolute atomic E-state index is 12.1. The van der Waals surface area contributed by atoms with Crippen LogP contribution in [0.3, 0.4) is 0 Å². The van der Waals surface area contributed by atoms with Crippen LogP contribution in [0, 0.1) is 5.41 Å². The first-order valence-corrected chi connectivity index (χ1v) is 7.47. The summed E-state index contributed by atoms with van der Waals surface area (Å²) in [6, 6.07) is -0.861. The molecule has 6 heteroatoms. The van der Waals surface area contributed by atoms with Gasteiger partial charge in [0.1, 0.15) is 6.04 Å². The number of nitrogens with zero attached hydrogens (tertiary/aromatic N) is 1. The molecular formula is C11H21NO4S. The number of rotatable bonds is 4. The standard InChI is InChI=1S/C11H21NO4S/c1-11(2,3)6-8-17(15,16)12-7-4-5-9(12)10(13)14/h9H,4-8H2,1-3H3,(H,13,14)/t9-/m0/s1. The predicted octanol–water partition coefficient (Wildman–Crippen LogP) is 1.30. The van der Waals surface area contributed by atoms with Crippen molar-refractivity contribution in [1.29, 1.82) is 0 Å². The van der Waals surface area contributed by atoms with E-state index in [4.69, 9.17) is 5.11 Å². The summed E-state index contributed by atoms with van der Waals surface area (Å²) in [5.41, 5.74) is -0.0640. The lowest BCUT2D eigenvalue weighted by Gasteiger charge is -2.24. The molecule has 0 aromatic rings. The minimum Gasteiger partial charge on any atom is -0.480 e. The Morgan fingerprint density at radius 1 is 1.41 bits per heavy atom. The highest BCUT2D eigenvalue weighted by atomic mass is 32.2. The normalized spacial score (nSPS) is 22.9. The largest absolute Gasteiger partial charge is 0.480 e. The van der Waals surface area contributed by atoms with Gasteiger partial charge in [0.2, 0.25) is 10.0 Å². The van der Waals surface area contributed by atoms with E-state index in [1.54, 1.807) is 0 Å². The molecule has 0 radical (unpaired) electrons. The molecule has 1 heterocycles. The Morgan fingerprint density at radius 2 is 2.00 bits per heavy atom. The van der Waals surface area contributed by atoms with Gasteiger partial charge in [0.25, 0.3) is 0 Å². The second kappa shape index (κ2) is 4.94. The highest BCUT2D eigenvalue weighted by Crippen LogP contribution is 2.25. The molecule has 0 saturated carbocycles. The Labute approximate surface area is 103 Å². The lowest BCUT2D eigenvalue weighted by Crippen LogP contribution is -2.42. The number of carboxylic acid groups (broad SMARTS) is 1. The van der Waals surface area contributed by atoms with E-state index in [9.17, 15) is 13.2 Å². The molecule has 1 atom stereocenters. The number of hydrogen-bond acceptors (Lipinski definition) is 3. The van der Waals surface area contributed by atoms with Crippen molar-refractivity contribution in [3.63, 3.8) is 0 Å². The van der Waals surface area contributed by atoms with Gasteiger partial charge in [0.15, 0.2) is 0 Å². The van der Waals surface area contributed by atoms with Crippen LogP contribution in [0.5, 0.6) is 0 Å². The average Bonchev–Trinajstić information content (AvgIpc) is 2.62. The highest BCUT2D eigenvalue weighted by molar-refractivity contribution is 7.89. The lowest BCUT2D eigenvalue weighted by atomic mass is 9.94. The van der Waals surface area contributed by atoms with E-state index in [0.717, 1.165) is 4.31 Å². The van der Waals surface area contributed by atoms with Crippen molar-refractivity contribution in [2.45, 2.75) is 46.1 Å².